The first-order valence-electron chi connectivity index (χ1n) is 4.93. The molecule has 0 aliphatic carbocycles. The van der Waals surface area contributed by atoms with E-state index in [9.17, 15) is 14.9 Å². The highest BCUT2D eigenvalue weighted by Gasteiger charge is 2.15. The molecule has 92 valence electrons. The number of carbonyl (C=O) groups is 1. The van der Waals surface area contributed by atoms with E-state index in [2.05, 4.69) is 4.98 Å². The van der Waals surface area contributed by atoms with Crippen molar-refractivity contribution in [1.29, 1.82) is 0 Å². The molecule has 0 amide bonds. The molecule has 1 aromatic carbocycles. The van der Waals surface area contributed by atoms with Crippen LogP contribution in [-0.4, -0.2) is 21.0 Å². The molecule has 0 saturated heterocycles. The van der Waals surface area contributed by atoms with Gasteiger partial charge in [-0.15, -0.1) is 0 Å². The highest BCUT2D eigenvalue weighted by atomic mass is 16.6. The summed E-state index contributed by atoms with van der Waals surface area (Å²) in [5.41, 5.74) is 0.861. The Labute approximate surface area is 101 Å². The predicted molar refractivity (Wildman–Crippen MR) is 60.3 cm³/mol. The summed E-state index contributed by atoms with van der Waals surface area (Å²) in [6, 6.07) is 4.16. The number of aromatic nitrogens is 1. The van der Waals surface area contributed by atoms with Gasteiger partial charge in [0.05, 0.1) is 4.92 Å². The average molecular weight is 248 g/mol. The van der Waals surface area contributed by atoms with Crippen molar-refractivity contribution in [3.63, 3.8) is 0 Å². The fourth-order valence-corrected chi connectivity index (χ4v) is 1.50. The second-order valence-corrected chi connectivity index (χ2v) is 3.60. The van der Waals surface area contributed by atoms with Gasteiger partial charge in [0, 0.05) is 17.7 Å². The Bertz CT molecular complexity index is 632. The van der Waals surface area contributed by atoms with Crippen LogP contribution in [0.15, 0.2) is 28.9 Å². The summed E-state index contributed by atoms with van der Waals surface area (Å²) < 4.78 is 5.03. The molecular formula is C11H8N2O5. The fraction of sp³-hybridized carbons (Fsp3) is 0.0909. The number of aromatic carboxylic acids is 1. The van der Waals surface area contributed by atoms with E-state index in [4.69, 9.17) is 9.52 Å². The number of hydrogen-bond donors (Lipinski definition) is 1. The molecule has 7 heteroatoms. The Morgan fingerprint density at radius 1 is 1.50 bits per heavy atom. The van der Waals surface area contributed by atoms with Crippen molar-refractivity contribution >= 4 is 11.7 Å². The molecular weight excluding hydrogens is 240 g/mol. The number of non-ortho nitro benzene ring substituents is 1. The Balaban J connectivity index is 2.44. The molecule has 7 nitrogen and oxygen atoms in total. The van der Waals surface area contributed by atoms with Crippen molar-refractivity contribution in [2.75, 3.05) is 0 Å². The van der Waals surface area contributed by atoms with E-state index in [1.54, 1.807) is 6.92 Å². The molecule has 0 unspecified atom stereocenters. The number of aryl methyl sites for hydroxylation is 1. The van der Waals surface area contributed by atoms with E-state index in [-0.39, 0.29) is 17.3 Å². The van der Waals surface area contributed by atoms with Crippen molar-refractivity contribution in [1.82, 2.24) is 4.98 Å². The number of rotatable bonds is 3. The molecule has 0 fully saturated rings. The average Bonchev–Trinajstić information content (AvgIpc) is 2.78. The number of oxazole rings is 1. The number of hydrogen-bond acceptors (Lipinski definition) is 5. The smallest absolute Gasteiger partial charge is 0.357 e. The number of carboxylic acid groups (broad SMARTS) is 1. The topological polar surface area (TPSA) is 106 Å². The molecule has 0 saturated carbocycles. The third-order valence-corrected chi connectivity index (χ3v) is 2.37. The molecule has 0 radical (unpaired) electrons. The quantitative estimate of drug-likeness (QED) is 0.659. The Morgan fingerprint density at radius 2 is 2.22 bits per heavy atom. The van der Waals surface area contributed by atoms with Gasteiger partial charge >= 0.3 is 5.97 Å². The van der Waals surface area contributed by atoms with Crippen LogP contribution in [0, 0.1) is 17.0 Å². The number of nitro groups is 1. The number of benzene rings is 1. The summed E-state index contributed by atoms with van der Waals surface area (Å²) in [4.78, 5) is 24.5. The summed E-state index contributed by atoms with van der Waals surface area (Å²) in [5.74, 6) is -1.07. The van der Waals surface area contributed by atoms with Gasteiger partial charge in [0.2, 0.25) is 5.89 Å². The third-order valence-electron chi connectivity index (χ3n) is 2.37. The van der Waals surface area contributed by atoms with Gasteiger partial charge in [0.1, 0.15) is 6.26 Å². The lowest BCUT2D eigenvalue weighted by atomic mass is 10.1. The summed E-state index contributed by atoms with van der Waals surface area (Å²) >= 11 is 0. The normalized spacial score (nSPS) is 10.3. The number of carboxylic acids is 1. The van der Waals surface area contributed by atoms with E-state index in [0.717, 1.165) is 6.26 Å². The van der Waals surface area contributed by atoms with Crippen molar-refractivity contribution in [2.45, 2.75) is 6.92 Å². The first kappa shape index (κ1) is 11.8. The highest BCUT2D eigenvalue weighted by Crippen LogP contribution is 2.26. The zero-order chi connectivity index (χ0) is 13.3. The van der Waals surface area contributed by atoms with Crippen LogP contribution in [0.2, 0.25) is 0 Å². The molecule has 1 aromatic heterocycles. The summed E-state index contributed by atoms with van der Waals surface area (Å²) in [7, 11) is 0. The Morgan fingerprint density at radius 3 is 2.72 bits per heavy atom. The maximum Gasteiger partial charge on any atom is 0.357 e. The van der Waals surface area contributed by atoms with Crippen molar-refractivity contribution in [3.8, 4) is 11.5 Å². The molecule has 0 aliphatic heterocycles. The lowest BCUT2D eigenvalue weighted by Gasteiger charge is -2.00. The van der Waals surface area contributed by atoms with Crippen molar-refractivity contribution in [2.24, 2.45) is 0 Å². The first-order chi connectivity index (χ1) is 8.49. The first-order valence-corrected chi connectivity index (χ1v) is 4.93. The van der Waals surface area contributed by atoms with Gasteiger partial charge in [-0.3, -0.25) is 10.1 Å². The lowest BCUT2D eigenvalue weighted by molar-refractivity contribution is -0.384. The van der Waals surface area contributed by atoms with Crippen LogP contribution >= 0.6 is 0 Å². The van der Waals surface area contributed by atoms with Crippen molar-refractivity contribution < 1.29 is 19.2 Å². The predicted octanol–water partition coefficient (Wildman–Crippen LogP) is 2.26. The zero-order valence-electron chi connectivity index (χ0n) is 9.28. The van der Waals surface area contributed by atoms with E-state index in [1.807, 2.05) is 0 Å². The van der Waals surface area contributed by atoms with Gasteiger partial charge in [-0.2, -0.15) is 0 Å². The molecule has 0 bridgehead atoms. The second-order valence-electron chi connectivity index (χ2n) is 3.60. The van der Waals surface area contributed by atoms with Crippen LogP contribution in [0.1, 0.15) is 16.1 Å². The van der Waals surface area contributed by atoms with E-state index in [1.165, 1.54) is 18.2 Å². The molecule has 0 atom stereocenters. The molecule has 18 heavy (non-hydrogen) atoms. The van der Waals surface area contributed by atoms with Gasteiger partial charge in [-0.05, 0) is 18.6 Å². The third kappa shape index (κ3) is 2.05. The largest absolute Gasteiger partial charge is 0.476 e. The summed E-state index contributed by atoms with van der Waals surface area (Å²) in [5, 5.41) is 19.3. The van der Waals surface area contributed by atoms with Gasteiger partial charge in [-0.25, -0.2) is 9.78 Å². The second kappa shape index (κ2) is 4.28. The van der Waals surface area contributed by atoms with E-state index < -0.39 is 10.9 Å². The maximum atomic E-state index is 10.7. The molecule has 1 heterocycles. The molecule has 2 rings (SSSR count). The lowest BCUT2D eigenvalue weighted by Crippen LogP contribution is -1.96. The Hall–Kier alpha value is -2.70. The van der Waals surface area contributed by atoms with Gasteiger partial charge in [0.25, 0.3) is 5.69 Å². The van der Waals surface area contributed by atoms with Crippen LogP contribution in [-0.2, 0) is 0 Å². The molecule has 0 spiro atoms. The van der Waals surface area contributed by atoms with E-state index in [0.29, 0.717) is 11.1 Å². The van der Waals surface area contributed by atoms with Crippen LogP contribution in [0.4, 0.5) is 5.69 Å². The zero-order valence-corrected chi connectivity index (χ0v) is 9.28. The molecule has 2 aromatic rings. The van der Waals surface area contributed by atoms with Gasteiger partial charge in [-0.1, -0.05) is 0 Å². The summed E-state index contributed by atoms with van der Waals surface area (Å²) in [6.45, 7) is 1.66. The maximum absolute atomic E-state index is 10.7. The monoisotopic (exact) mass is 248 g/mol. The van der Waals surface area contributed by atoms with E-state index >= 15 is 0 Å². The summed E-state index contributed by atoms with van der Waals surface area (Å²) in [6.07, 6.45) is 1.03. The van der Waals surface area contributed by atoms with Gasteiger partial charge < -0.3 is 9.52 Å². The van der Waals surface area contributed by atoms with Crippen molar-refractivity contribution in [3.05, 3.63) is 45.8 Å². The van der Waals surface area contributed by atoms with Crippen LogP contribution in [0.5, 0.6) is 0 Å². The number of nitro benzene ring substituents is 1. The molecule has 1 N–H and O–H groups in total. The standard InChI is InChI=1S/C11H8N2O5/c1-6-4-7(13(16)17)2-3-8(6)10-12-9(5-18-10)11(14)15/h2-5H,1H3,(H,14,15). The van der Waals surface area contributed by atoms with Crippen LogP contribution < -0.4 is 0 Å². The SMILES string of the molecule is Cc1cc([N+](=O)[O-])ccc1-c1nc(C(=O)O)co1. The minimum Gasteiger partial charge on any atom is -0.476 e. The minimum absolute atomic E-state index is 0.0405. The highest BCUT2D eigenvalue weighted by molar-refractivity contribution is 5.85. The fourth-order valence-electron chi connectivity index (χ4n) is 1.50. The Kier molecular flexibility index (Phi) is 2.80. The minimum atomic E-state index is -1.19. The van der Waals surface area contributed by atoms with Crippen LogP contribution in [0.25, 0.3) is 11.5 Å². The van der Waals surface area contributed by atoms with Gasteiger partial charge in [0.15, 0.2) is 5.69 Å². The number of nitrogens with zero attached hydrogens (tertiary/aromatic N) is 2. The molecule has 0 aliphatic rings. The van der Waals surface area contributed by atoms with Crippen LogP contribution in [0.3, 0.4) is 0 Å².